The van der Waals surface area contributed by atoms with Crippen molar-refractivity contribution in [2.45, 2.75) is 26.3 Å². The minimum atomic E-state index is 0.367. The Balaban J connectivity index is 1.99. The van der Waals surface area contributed by atoms with Gasteiger partial charge in [0.15, 0.2) is 0 Å². The maximum atomic E-state index is 5.83. The minimum absolute atomic E-state index is 0.367. The van der Waals surface area contributed by atoms with Gasteiger partial charge >= 0.3 is 0 Å². The second-order valence-corrected chi connectivity index (χ2v) is 5.32. The lowest BCUT2D eigenvalue weighted by Crippen LogP contribution is -2.10. The average molecular weight is 265 g/mol. The molecule has 2 aromatic carbocycles. The predicted molar refractivity (Wildman–Crippen MR) is 83.7 cm³/mol. The Labute approximate surface area is 119 Å². The van der Waals surface area contributed by atoms with Crippen molar-refractivity contribution in [2.75, 3.05) is 5.73 Å². The van der Waals surface area contributed by atoms with Crippen molar-refractivity contribution >= 4 is 16.7 Å². The van der Waals surface area contributed by atoms with E-state index in [0.717, 1.165) is 29.0 Å². The van der Waals surface area contributed by atoms with Gasteiger partial charge in [0.25, 0.3) is 0 Å². The normalized spacial score (nSPS) is 12.7. The van der Waals surface area contributed by atoms with Crippen LogP contribution in [0.1, 0.15) is 24.4 Å². The number of benzene rings is 2. The van der Waals surface area contributed by atoms with E-state index in [1.807, 2.05) is 12.1 Å². The lowest BCUT2D eigenvalue weighted by Gasteiger charge is -2.16. The zero-order valence-electron chi connectivity index (χ0n) is 11.9. The third-order valence-electron chi connectivity index (χ3n) is 3.70. The Morgan fingerprint density at radius 2 is 1.90 bits per heavy atom. The monoisotopic (exact) mass is 265 g/mol. The first-order valence-corrected chi connectivity index (χ1v) is 6.93. The second-order valence-electron chi connectivity index (χ2n) is 5.32. The highest BCUT2D eigenvalue weighted by Gasteiger charge is 2.13. The molecule has 2 N–H and O–H groups in total. The fourth-order valence-electron chi connectivity index (χ4n) is 2.84. The van der Waals surface area contributed by atoms with Crippen LogP contribution < -0.4 is 5.73 Å². The summed E-state index contributed by atoms with van der Waals surface area (Å²) < 4.78 is 2.29. The summed E-state index contributed by atoms with van der Waals surface area (Å²) in [4.78, 5) is 4.62. The molecule has 0 spiro atoms. The molecule has 0 aliphatic carbocycles. The van der Waals surface area contributed by atoms with E-state index in [-0.39, 0.29) is 0 Å². The van der Waals surface area contributed by atoms with Crippen LogP contribution in [0.5, 0.6) is 0 Å². The Morgan fingerprint density at radius 3 is 2.65 bits per heavy atom. The number of nitrogens with zero attached hydrogens (tertiary/aromatic N) is 2. The van der Waals surface area contributed by atoms with Gasteiger partial charge in [-0.2, -0.15) is 0 Å². The molecule has 0 saturated carbocycles. The fraction of sp³-hybridized carbons (Fsp3) is 0.235. The van der Waals surface area contributed by atoms with Crippen LogP contribution in [-0.4, -0.2) is 9.55 Å². The molecule has 3 rings (SSSR count). The molecule has 20 heavy (non-hydrogen) atoms. The van der Waals surface area contributed by atoms with Crippen molar-refractivity contribution in [3.63, 3.8) is 0 Å². The van der Waals surface area contributed by atoms with Gasteiger partial charge in [0.1, 0.15) is 5.82 Å². The molecule has 3 heteroatoms. The van der Waals surface area contributed by atoms with Gasteiger partial charge < -0.3 is 10.3 Å². The third-order valence-corrected chi connectivity index (χ3v) is 3.70. The number of rotatable bonds is 3. The highest BCUT2D eigenvalue weighted by molar-refractivity contribution is 5.79. The molecule has 0 bridgehead atoms. The molecule has 1 atom stereocenters. The van der Waals surface area contributed by atoms with E-state index in [4.69, 9.17) is 5.73 Å². The summed E-state index contributed by atoms with van der Waals surface area (Å²) in [5.74, 6) is 1.04. The average Bonchev–Trinajstić information content (AvgIpc) is 2.74. The Kier molecular flexibility index (Phi) is 3.18. The van der Waals surface area contributed by atoms with Gasteiger partial charge in [-0.15, -0.1) is 0 Å². The number of nitrogens with two attached hydrogens (primary N) is 1. The summed E-state index contributed by atoms with van der Waals surface area (Å²) in [7, 11) is 0. The number of nitrogen functional groups attached to an aromatic ring is 1. The Bertz CT molecular complexity index is 729. The summed E-state index contributed by atoms with van der Waals surface area (Å²) in [6, 6.07) is 16.9. The zero-order chi connectivity index (χ0) is 14.1. The first-order chi connectivity index (χ1) is 9.65. The molecule has 0 aliphatic heterocycles. The number of fused-ring (bicyclic) bond motifs is 1. The molecule has 0 amide bonds. The van der Waals surface area contributed by atoms with E-state index in [2.05, 4.69) is 59.8 Å². The van der Waals surface area contributed by atoms with E-state index >= 15 is 0 Å². The zero-order valence-corrected chi connectivity index (χ0v) is 11.9. The fourth-order valence-corrected chi connectivity index (χ4v) is 2.84. The smallest absolute Gasteiger partial charge is 0.106 e. The molecule has 0 fully saturated rings. The number of imidazole rings is 1. The molecule has 0 saturated heterocycles. The van der Waals surface area contributed by atoms with Crippen LogP contribution in [0.2, 0.25) is 0 Å². The maximum Gasteiger partial charge on any atom is 0.106 e. The molecular weight excluding hydrogens is 246 g/mol. The highest BCUT2D eigenvalue weighted by Crippen LogP contribution is 2.24. The maximum absolute atomic E-state index is 5.83. The van der Waals surface area contributed by atoms with Crippen molar-refractivity contribution in [3.8, 4) is 0 Å². The van der Waals surface area contributed by atoms with E-state index in [1.54, 1.807) is 0 Å². The van der Waals surface area contributed by atoms with Gasteiger partial charge in [-0.1, -0.05) is 30.3 Å². The summed E-state index contributed by atoms with van der Waals surface area (Å²) in [6.07, 6.45) is 0.998. The van der Waals surface area contributed by atoms with E-state index in [1.165, 1.54) is 5.56 Å². The van der Waals surface area contributed by atoms with Crippen molar-refractivity contribution in [1.82, 2.24) is 9.55 Å². The topological polar surface area (TPSA) is 43.8 Å². The predicted octanol–water partition coefficient (Wildman–Crippen LogP) is 3.73. The minimum Gasteiger partial charge on any atom is -0.399 e. The molecule has 1 aromatic heterocycles. The van der Waals surface area contributed by atoms with Gasteiger partial charge in [0.2, 0.25) is 0 Å². The van der Waals surface area contributed by atoms with E-state index < -0.39 is 0 Å². The quantitative estimate of drug-likeness (QED) is 0.733. The number of aromatic nitrogens is 2. The molecule has 3 aromatic rings. The van der Waals surface area contributed by atoms with Crippen molar-refractivity contribution < 1.29 is 0 Å². The number of anilines is 1. The lowest BCUT2D eigenvalue weighted by molar-refractivity contribution is 0.545. The molecule has 3 nitrogen and oxygen atoms in total. The van der Waals surface area contributed by atoms with E-state index in [0.29, 0.717) is 6.04 Å². The third kappa shape index (κ3) is 2.27. The van der Waals surface area contributed by atoms with E-state index in [9.17, 15) is 0 Å². The van der Waals surface area contributed by atoms with Crippen LogP contribution in [-0.2, 0) is 6.42 Å². The van der Waals surface area contributed by atoms with Crippen LogP contribution in [0.3, 0.4) is 0 Å². The number of hydrogen-bond acceptors (Lipinski definition) is 2. The van der Waals surface area contributed by atoms with Gasteiger partial charge in [0.05, 0.1) is 11.0 Å². The first-order valence-electron chi connectivity index (χ1n) is 6.93. The Hall–Kier alpha value is -2.29. The Morgan fingerprint density at radius 1 is 1.15 bits per heavy atom. The highest BCUT2D eigenvalue weighted by atomic mass is 15.1. The van der Waals surface area contributed by atoms with Gasteiger partial charge in [0, 0.05) is 11.7 Å². The van der Waals surface area contributed by atoms with Gasteiger partial charge in [-0.05, 0) is 44.0 Å². The standard InChI is InChI=1S/C17H19N3/c1-12(10-14-6-4-3-5-7-14)20-13(2)19-16-11-15(18)8-9-17(16)20/h3-9,11-12H,10,18H2,1-2H3. The van der Waals surface area contributed by atoms with Crippen LogP contribution in [0.25, 0.3) is 11.0 Å². The second kappa shape index (κ2) is 5.00. The first kappa shape index (κ1) is 12.7. The van der Waals surface area contributed by atoms with Crippen molar-refractivity contribution in [1.29, 1.82) is 0 Å². The van der Waals surface area contributed by atoms with Crippen LogP contribution in [0, 0.1) is 6.92 Å². The van der Waals surface area contributed by atoms with Crippen LogP contribution in [0.4, 0.5) is 5.69 Å². The summed E-state index contributed by atoms with van der Waals surface area (Å²) in [5, 5.41) is 0. The lowest BCUT2D eigenvalue weighted by atomic mass is 10.1. The van der Waals surface area contributed by atoms with Crippen LogP contribution >= 0.6 is 0 Å². The van der Waals surface area contributed by atoms with Gasteiger partial charge in [-0.25, -0.2) is 4.98 Å². The molecule has 1 unspecified atom stereocenters. The molecular formula is C17H19N3. The largest absolute Gasteiger partial charge is 0.399 e. The molecule has 102 valence electrons. The van der Waals surface area contributed by atoms with Crippen LogP contribution in [0.15, 0.2) is 48.5 Å². The summed E-state index contributed by atoms with van der Waals surface area (Å²) >= 11 is 0. The van der Waals surface area contributed by atoms with Crippen molar-refractivity contribution in [2.24, 2.45) is 0 Å². The molecule has 0 radical (unpaired) electrons. The molecule has 0 aliphatic rings. The van der Waals surface area contributed by atoms with Crippen molar-refractivity contribution in [3.05, 3.63) is 59.9 Å². The molecule has 1 heterocycles. The summed E-state index contributed by atoms with van der Waals surface area (Å²) in [6.45, 7) is 4.29. The SMILES string of the molecule is Cc1nc2cc(N)ccc2n1C(C)Cc1ccccc1. The number of hydrogen-bond donors (Lipinski definition) is 1. The van der Waals surface area contributed by atoms with Gasteiger partial charge in [-0.3, -0.25) is 0 Å². The number of aryl methyl sites for hydroxylation is 1. The summed E-state index contributed by atoms with van der Waals surface area (Å²) in [5.41, 5.74) is 10.1.